The number of carbonyl (C=O) groups is 3. The minimum absolute atomic E-state index is 0.000672. The zero-order chi connectivity index (χ0) is 29.0. The SMILES string of the molecule is COC(=O)C1=C(C)NC(C)=C(C(=O)OCCOC(=O)c2cnc3c(C)cccc3c2)C1c1ccccc1[N+](=O)[O-]. The van der Waals surface area contributed by atoms with Crippen LogP contribution in [-0.2, 0) is 23.8 Å². The number of allylic oxidation sites excluding steroid dienone is 2. The van der Waals surface area contributed by atoms with E-state index in [1.54, 1.807) is 26.0 Å². The van der Waals surface area contributed by atoms with E-state index in [4.69, 9.17) is 14.2 Å². The van der Waals surface area contributed by atoms with Gasteiger partial charge in [-0.15, -0.1) is 0 Å². The number of aryl methyl sites for hydroxylation is 1. The molecule has 0 saturated carbocycles. The molecule has 11 nitrogen and oxygen atoms in total. The Balaban J connectivity index is 1.52. The molecule has 1 atom stereocenters. The van der Waals surface area contributed by atoms with Crippen molar-refractivity contribution in [1.82, 2.24) is 10.3 Å². The fourth-order valence-electron chi connectivity index (χ4n) is 4.71. The maximum atomic E-state index is 13.3. The number of nitrogens with one attached hydrogen (secondary N) is 1. The Kier molecular flexibility index (Phi) is 8.23. The molecule has 3 aromatic rings. The number of methoxy groups -OCH3 is 1. The van der Waals surface area contributed by atoms with Crippen LogP contribution >= 0.6 is 0 Å². The highest BCUT2D eigenvalue weighted by molar-refractivity contribution is 6.00. The van der Waals surface area contributed by atoms with Gasteiger partial charge in [0.05, 0.1) is 40.2 Å². The molecule has 0 saturated heterocycles. The predicted octanol–water partition coefficient (Wildman–Crippen LogP) is 4.26. The molecule has 1 N–H and O–H groups in total. The third-order valence-electron chi connectivity index (χ3n) is 6.53. The topological polar surface area (TPSA) is 147 Å². The average molecular weight is 546 g/mol. The highest BCUT2D eigenvalue weighted by atomic mass is 16.6. The zero-order valence-corrected chi connectivity index (χ0v) is 22.3. The van der Waals surface area contributed by atoms with Gasteiger partial charge in [0.25, 0.3) is 5.69 Å². The molecule has 1 aliphatic rings. The second-order valence-electron chi connectivity index (χ2n) is 9.09. The number of carbonyl (C=O) groups excluding carboxylic acids is 3. The van der Waals surface area contributed by atoms with Crippen molar-refractivity contribution < 1.29 is 33.5 Å². The molecule has 0 aliphatic carbocycles. The van der Waals surface area contributed by atoms with Gasteiger partial charge in [-0.05, 0) is 32.4 Å². The van der Waals surface area contributed by atoms with Crippen LogP contribution in [0, 0.1) is 17.0 Å². The van der Waals surface area contributed by atoms with Crippen molar-refractivity contribution in [3.05, 3.63) is 104 Å². The molecule has 206 valence electrons. The summed E-state index contributed by atoms with van der Waals surface area (Å²) in [5.74, 6) is -3.34. The molecular weight excluding hydrogens is 518 g/mol. The van der Waals surface area contributed by atoms with Gasteiger partial charge in [-0.2, -0.15) is 0 Å². The molecule has 0 bridgehead atoms. The largest absolute Gasteiger partial charge is 0.466 e. The Morgan fingerprint density at radius 1 is 0.925 bits per heavy atom. The summed E-state index contributed by atoms with van der Waals surface area (Å²) in [6, 6.07) is 13.1. The first-order chi connectivity index (χ1) is 19.1. The van der Waals surface area contributed by atoms with Crippen LogP contribution in [0.25, 0.3) is 10.9 Å². The Morgan fingerprint density at radius 2 is 1.57 bits per heavy atom. The Labute approximate surface area is 229 Å². The highest BCUT2D eigenvalue weighted by Crippen LogP contribution is 2.42. The van der Waals surface area contributed by atoms with Crippen LogP contribution in [0.3, 0.4) is 0 Å². The second kappa shape index (κ2) is 11.8. The van der Waals surface area contributed by atoms with Crippen LogP contribution in [0.1, 0.15) is 41.3 Å². The van der Waals surface area contributed by atoms with Crippen molar-refractivity contribution >= 4 is 34.5 Å². The van der Waals surface area contributed by atoms with Crippen molar-refractivity contribution in [3.63, 3.8) is 0 Å². The molecular formula is C29H27N3O8. The molecule has 1 aromatic heterocycles. The third kappa shape index (κ3) is 5.53. The van der Waals surface area contributed by atoms with Gasteiger partial charge in [-0.1, -0.05) is 36.4 Å². The number of benzene rings is 2. The minimum Gasteiger partial charge on any atom is -0.466 e. The quantitative estimate of drug-likeness (QED) is 0.143. The molecule has 2 aromatic carbocycles. The number of fused-ring (bicyclic) bond motifs is 1. The van der Waals surface area contributed by atoms with Gasteiger partial charge in [0.15, 0.2) is 0 Å². The Morgan fingerprint density at radius 3 is 2.25 bits per heavy atom. The van der Waals surface area contributed by atoms with Crippen molar-refractivity contribution in [3.8, 4) is 0 Å². The van der Waals surface area contributed by atoms with Crippen LogP contribution in [0.2, 0.25) is 0 Å². The maximum absolute atomic E-state index is 13.3. The van der Waals surface area contributed by atoms with Crippen molar-refractivity contribution in [2.45, 2.75) is 26.7 Å². The lowest BCUT2D eigenvalue weighted by Gasteiger charge is -2.30. The summed E-state index contributed by atoms with van der Waals surface area (Å²) in [7, 11) is 1.18. The molecule has 0 spiro atoms. The van der Waals surface area contributed by atoms with Crippen LogP contribution in [0.15, 0.2) is 77.3 Å². The fourth-order valence-corrected chi connectivity index (χ4v) is 4.71. The van der Waals surface area contributed by atoms with Crippen LogP contribution in [-0.4, -0.2) is 48.1 Å². The summed E-state index contributed by atoms with van der Waals surface area (Å²) in [5, 5.41) is 15.6. The normalized spacial score (nSPS) is 14.9. The summed E-state index contributed by atoms with van der Waals surface area (Å²) in [6.07, 6.45) is 1.42. The molecule has 2 heterocycles. The number of aromatic nitrogens is 1. The first kappa shape index (κ1) is 28.0. The van der Waals surface area contributed by atoms with Crippen LogP contribution < -0.4 is 5.32 Å². The summed E-state index contributed by atoms with van der Waals surface area (Å²) in [6.45, 7) is 4.60. The predicted molar refractivity (Wildman–Crippen MR) is 144 cm³/mol. The number of rotatable bonds is 8. The average Bonchev–Trinajstić information content (AvgIpc) is 2.94. The van der Waals surface area contributed by atoms with E-state index in [9.17, 15) is 24.5 Å². The van der Waals surface area contributed by atoms with Gasteiger partial charge >= 0.3 is 17.9 Å². The summed E-state index contributed by atoms with van der Waals surface area (Å²) < 4.78 is 15.6. The number of ether oxygens (including phenoxy) is 3. The standard InChI is InChI=1S/C29H27N3O8/c1-16-8-7-9-19-14-20(15-30-26(16)19)27(33)39-12-13-40-29(35)24-18(3)31-17(2)23(28(34)38-4)25(24)21-10-5-6-11-22(21)32(36)37/h5-11,14-15,25,31H,12-13H2,1-4H3. The number of hydrogen-bond acceptors (Lipinski definition) is 10. The first-order valence-electron chi connectivity index (χ1n) is 12.3. The van der Waals surface area contributed by atoms with E-state index in [1.807, 2.05) is 25.1 Å². The number of nitrogens with zero attached hydrogens (tertiary/aromatic N) is 2. The smallest absolute Gasteiger partial charge is 0.339 e. The molecule has 0 fully saturated rings. The molecule has 1 unspecified atom stereocenters. The van der Waals surface area contributed by atoms with Gasteiger partial charge in [0, 0.05) is 34.6 Å². The minimum atomic E-state index is -1.13. The molecule has 40 heavy (non-hydrogen) atoms. The van der Waals surface area contributed by atoms with E-state index in [1.165, 1.54) is 31.5 Å². The Hall–Kier alpha value is -5.06. The summed E-state index contributed by atoms with van der Waals surface area (Å²) in [4.78, 5) is 54.2. The lowest BCUT2D eigenvalue weighted by atomic mass is 9.79. The highest BCUT2D eigenvalue weighted by Gasteiger charge is 2.40. The number of nitro groups is 1. The van der Waals surface area contributed by atoms with Gasteiger partial charge in [-0.25, -0.2) is 14.4 Å². The molecule has 11 heteroatoms. The second-order valence-corrected chi connectivity index (χ2v) is 9.09. The van der Waals surface area contributed by atoms with E-state index >= 15 is 0 Å². The van der Waals surface area contributed by atoms with Gasteiger partial charge < -0.3 is 19.5 Å². The third-order valence-corrected chi connectivity index (χ3v) is 6.53. The number of esters is 3. The van der Waals surface area contributed by atoms with Crippen LogP contribution in [0.5, 0.6) is 0 Å². The molecule has 0 amide bonds. The lowest BCUT2D eigenvalue weighted by molar-refractivity contribution is -0.385. The van der Waals surface area contributed by atoms with Gasteiger partial charge in [0.2, 0.25) is 0 Å². The van der Waals surface area contributed by atoms with Crippen LogP contribution in [0.4, 0.5) is 5.69 Å². The lowest BCUT2D eigenvalue weighted by Crippen LogP contribution is -2.33. The Bertz CT molecular complexity index is 1590. The van der Waals surface area contributed by atoms with E-state index in [0.717, 1.165) is 16.5 Å². The fraction of sp³-hybridized carbons (Fsp3) is 0.241. The molecule has 0 radical (unpaired) electrons. The van der Waals surface area contributed by atoms with Crippen molar-refractivity contribution in [2.75, 3.05) is 20.3 Å². The maximum Gasteiger partial charge on any atom is 0.339 e. The number of pyridine rings is 1. The number of nitro benzene ring substituents is 1. The number of para-hydroxylation sites is 2. The molecule has 4 rings (SSSR count). The van der Waals surface area contributed by atoms with E-state index in [-0.39, 0.29) is 41.2 Å². The van der Waals surface area contributed by atoms with E-state index in [0.29, 0.717) is 11.4 Å². The van der Waals surface area contributed by atoms with E-state index in [2.05, 4.69) is 10.3 Å². The number of dihydropyridines is 1. The summed E-state index contributed by atoms with van der Waals surface area (Å²) in [5.41, 5.74) is 2.65. The van der Waals surface area contributed by atoms with Gasteiger partial charge in [0.1, 0.15) is 13.2 Å². The number of hydrogen-bond donors (Lipinski definition) is 1. The molecule has 1 aliphatic heterocycles. The monoisotopic (exact) mass is 545 g/mol. The first-order valence-corrected chi connectivity index (χ1v) is 12.3. The van der Waals surface area contributed by atoms with Crippen molar-refractivity contribution in [1.29, 1.82) is 0 Å². The van der Waals surface area contributed by atoms with Gasteiger partial charge in [-0.3, -0.25) is 15.1 Å². The zero-order valence-electron chi connectivity index (χ0n) is 22.3. The van der Waals surface area contributed by atoms with E-state index < -0.39 is 28.7 Å². The summed E-state index contributed by atoms with van der Waals surface area (Å²) >= 11 is 0. The van der Waals surface area contributed by atoms with Crippen molar-refractivity contribution in [2.24, 2.45) is 0 Å².